The molecule has 0 radical (unpaired) electrons. The second kappa shape index (κ2) is 3.81. The normalized spacial score (nSPS) is 22.1. The second-order valence-electron chi connectivity index (χ2n) is 5.49. The van der Waals surface area contributed by atoms with Crippen molar-refractivity contribution in [3.8, 4) is 0 Å². The number of aromatic nitrogens is 3. The fourth-order valence-corrected chi connectivity index (χ4v) is 1.90. The molecule has 1 aliphatic rings. The van der Waals surface area contributed by atoms with Crippen LogP contribution in [0.15, 0.2) is 0 Å². The van der Waals surface area contributed by atoms with Gasteiger partial charge in [0.2, 0.25) is 0 Å². The number of nitrogens with zero attached hydrogens (tertiary/aromatic N) is 3. The molecule has 5 nitrogen and oxygen atoms in total. The number of rotatable bonds is 2. The van der Waals surface area contributed by atoms with Gasteiger partial charge in [-0.3, -0.25) is 4.68 Å². The van der Waals surface area contributed by atoms with E-state index in [1.807, 2.05) is 34.7 Å². The summed E-state index contributed by atoms with van der Waals surface area (Å²) >= 11 is 0. The van der Waals surface area contributed by atoms with Crippen molar-refractivity contribution >= 4 is 12.7 Å². The summed E-state index contributed by atoms with van der Waals surface area (Å²) in [7, 11) is 1.49. The van der Waals surface area contributed by atoms with Crippen LogP contribution in [0.2, 0.25) is 0 Å². The van der Waals surface area contributed by atoms with Crippen LogP contribution in [0.3, 0.4) is 0 Å². The second-order valence-corrected chi connectivity index (χ2v) is 5.49. The lowest BCUT2D eigenvalue weighted by molar-refractivity contribution is 0.00578. The highest BCUT2D eigenvalue weighted by Crippen LogP contribution is 2.36. The first-order chi connectivity index (χ1) is 7.78. The summed E-state index contributed by atoms with van der Waals surface area (Å²) in [5, 5.41) is 8.16. The van der Waals surface area contributed by atoms with Crippen molar-refractivity contribution in [3.05, 3.63) is 5.69 Å². The molecule has 0 bridgehead atoms. The molecule has 0 saturated carbocycles. The Hall–Kier alpha value is -0.875. The van der Waals surface area contributed by atoms with Crippen LogP contribution in [0, 0.1) is 0 Å². The molecule has 0 N–H and O–H groups in total. The maximum absolute atomic E-state index is 6.01. The lowest BCUT2D eigenvalue weighted by Crippen LogP contribution is -2.41. The van der Waals surface area contributed by atoms with Gasteiger partial charge in [-0.25, -0.2) is 0 Å². The van der Waals surface area contributed by atoms with Gasteiger partial charge in [-0.15, -0.1) is 5.10 Å². The quantitative estimate of drug-likeness (QED) is 0.709. The Morgan fingerprint density at radius 3 is 2.18 bits per heavy atom. The summed E-state index contributed by atoms with van der Waals surface area (Å²) < 4.78 is 13.8. The van der Waals surface area contributed by atoms with E-state index in [0.29, 0.717) is 0 Å². The van der Waals surface area contributed by atoms with Gasteiger partial charge < -0.3 is 9.31 Å². The maximum Gasteiger partial charge on any atom is 0.516 e. The molecule has 2 rings (SSSR count). The molecule has 0 aliphatic carbocycles. The van der Waals surface area contributed by atoms with Gasteiger partial charge in [-0.2, -0.15) is 0 Å². The standard InChI is InChI=1S/C11H20BN3O2/c1-7-8-9(15(6)14-13-8)12-16-10(2,3)11(4,5)17-12/h7H2,1-6H3. The van der Waals surface area contributed by atoms with E-state index in [9.17, 15) is 0 Å². The third-order valence-corrected chi connectivity index (χ3v) is 3.76. The van der Waals surface area contributed by atoms with Crippen LogP contribution < -0.4 is 5.59 Å². The van der Waals surface area contributed by atoms with Crippen LogP contribution in [-0.2, 0) is 22.8 Å². The summed E-state index contributed by atoms with van der Waals surface area (Å²) in [6.07, 6.45) is 0.827. The van der Waals surface area contributed by atoms with Crippen LogP contribution in [-0.4, -0.2) is 33.3 Å². The number of hydrogen-bond acceptors (Lipinski definition) is 4. The van der Waals surface area contributed by atoms with Crippen molar-refractivity contribution < 1.29 is 9.31 Å². The Labute approximate surface area is 103 Å². The first-order valence-corrected chi connectivity index (χ1v) is 6.02. The first-order valence-electron chi connectivity index (χ1n) is 6.02. The van der Waals surface area contributed by atoms with E-state index in [2.05, 4.69) is 17.2 Å². The van der Waals surface area contributed by atoms with Gasteiger partial charge in [0, 0.05) is 7.05 Å². The van der Waals surface area contributed by atoms with Crippen molar-refractivity contribution in [2.75, 3.05) is 0 Å². The van der Waals surface area contributed by atoms with Crippen LogP contribution in [0.4, 0.5) is 0 Å². The van der Waals surface area contributed by atoms with Crippen LogP contribution in [0.5, 0.6) is 0 Å². The number of aryl methyl sites for hydroxylation is 2. The van der Waals surface area contributed by atoms with E-state index in [1.54, 1.807) is 4.68 Å². The molecule has 1 fully saturated rings. The molecule has 0 spiro atoms. The van der Waals surface area contributed by atoms with E-state index in [4.69, 9.17) is 9.31 Å². The minimum atomic E-state index is -0.380. The molecule has 1 saturated heterocycles. The Balaban J connectivity index is 2.35. The molecule has 0 unspecified atom stereocenters. The molecule has 1 aromatic rings. The van der Waals surface area contributed by atoms with Crippen molar-refractivity contribution in [2.45, 2.75) is 52.2 Å². The van der Waals surface area contributed by atoms with Gasteiger partial charge in [-0.05, 0) is 34.1 Å². The molecular weight excluding hydrogens is 217 g/mol. The zero-order valence-electron chi connectivity index (χ0n) is 11.4. The van der Waals surface area contributed by atoms with Gasteiger partial charge in [0.1, 0.15) is 0 Å². The highest BCUT2D eigenvalue weighted by atomic mass is 16.7. The lowest BCUT2D eigenvalue weighted by Gasteiger charge is -2.32. The van der Waals surface area contributed by atoms with Crippen LogP contribution in [0.1, 0.15) is 40.3 Å². The molecule has 17 heavy (non-hydrogen) atoms. The highest BCUT2D eigenvalue weighted by Gasteiger charge is 2.53. The SMILES string of the molecule is CCc1nnn(C)c1B1OC(C)(C)C(C)(C)O1. The van der Waals surface area contributed by atoms with Gasteiger partial charge >= 0.3 is 7.12 Å². The summed E-state index contributed by atoms with van der Waals surface area (Å²) in [5.41, 5.74) is 1.21. The topological polar surface area (TPSA) is 49.2 Å². The predicted molar refractivity (Wildman–Crippen MR) is 66.1 cm³/mol. The molecule has 2 heterocycles. The molecule has 0 aromatic carbocycles. The number of hydrogen-bond donors (Lipinski definition) is 0. The van der Waals surface area contributed by atoms with Gasteiger partial charge in [0.15, 0.2) is 0 Å². The van der Waals surface area contributed by atoms with E-state index in [-0.39, 0.29) is 18.3 Å². The average Bonchev–Trinajstić information content (AvgIpc) is 2.65. The Morgan fingerprint density at radius 1 is 1.18 bits per heavy atom. The molecule has 1 aromatic heterocycles. The smallest absolute Gasteiger partial charge is 0.398 e. The van der Waals surface area contributed by atoms with Gasteiger partial charge in [-0.1, -0.05) is 12.1 Å². The van der Waals surface area contributed by atoms with Crippen LogP contribution >= 0.6 is 0 Å². The van der Waals surface area contributed by atoms with E-state index >= 15 is 0 Å². The van der Waals surface area contributed by atoms with Crippen molar-refractivity contribution in [1.29, 1.82) is 0 Å². The summed E-state index contributed by atoms with van der Waals surface area (Å²) in [4.78, 5) is 0. The monoisotopic (exact) mass is 237 g/mol. The molecule has 1 aliphatic heterocycles. The molecule has 0 amide bonds. The van der Waals surface area contributed by atoms with Gasteiger partial charge in [0.05, 0.1) is 22.5 Å². The van der Waals surface area contributed by atoms with Crippen LogP contribution in [0.25, 0.3) is 0 Å². The van der Waals surface area contributed by atoms with E-state index < -0.39 is 0 Å². The molecule has 94 valence electrons. The molecular formula is C11H20BN3O2. The Bertz CT molecular complexity index is 412. The van der Waals surface area contributed by atoms with Crippen molar-refractivity contribution in [1.82, 2.24) is 15.0 Å². The lowest BCUT2D eigenvalue weighted by atomic mass is 9.82. The predicted octanol–water partition coefficient (Wildman–Crippen LogP) is 0.677. The summed E-state index contributed by atoms with van der Waals surface area (Å²) in [6, 6.07) is 0. The Kier molecular flexibility index (Phi) is 2.82. The fraction of sp³-hybridized carbons (Fsp3) is 0.818. The highest BCUT2D eigenvalue weighted by molar-refractivity contribution is 6.61. The molecule has 6 heteroatoms. The summed E-state index contributed by atoms with van der Waals surface area (Å²) in [5.74, 6) is 0. The minimum absolute atomic E-state index is 0.326. The van der Waals surface area contributed by atoms with E-state index in [1.165, 1.54) is 0 Å². The zero-order chi connectivity index (χ0) is 12.8. The largest absolute Gasteiger partial charge is 0.516 e. The zero-order valence-corrected chi connectivity index (χ0v) is 11.4. The fourth-order valence-electron chi connectivity index (χ4n) is 1.90. The minimum Gasteiger partial charge on any atom is -0.398 e. The Morgan fingerprint density at radius 2 is 1.71 bits per heavy atom. The molecule has 0 atom stereocenters. The van der Waals surface area contributed by atoms with Crippen molar-refractivity contribution in [2.24, 2.45) is 7.05 Å². The first kappa shape index (κ1) is 12.6. The third kappa shape index (κ3) is 1.89. The van der Waals surface area contributed by atoms with E-state index in [0.717, 1.165) is 17.7 Å². The maximum atomic E-state index is 6.01. The summed E-state index contributed by atoms with van der Waals surface area (Å²) in [6.45, 7) is 10.2. The van der Waals surface area contributed by atoms with Crippen molar-refractivity contribution in [3.63, 3.8) is 0 Å². The average molecular weight is 237 g/mol. The third-order valence-electron chi connectivity index (χ3n) is 3.76. The van der Waals surface area contributed by atoms with Gasteiger partial charge in [0.25, 0.3) is 0 Å².